The maximum atomic E-state index is 12.7. The van der Waals surface area contributed by atoms with E-state index >= 15 is 0 Å². The van der Waals surface area contributed by atoms with Gasteiger partial charge in [-0.2, -0.15) is 0 Å². The molecule has 2 bridgehead atoms. The van der Waals surface area contributed by atoms with E-state index in [0.717, 1.165) is 23.9 Å². The molecule has 3 aliphatic rings. The van der Waals surface area contributed by atoms with Crippen molar-refractivity contribution in [2.24, 2.45) is 0 Å². The van der Waals surface area contributed by atoms with Crippen LogP contribution >= 0.6 is 0 Å². The minimum atomic E-state index is -1.04. The molecule has 1 N–H and O–H groups in total. The van der Waals surface area contributed by atoms with Gasteiger partial charge in [0, 0.05) is 48.3 Å². The predicted octanol–water partition coefficient (Wildman–Crippen LogP) is 3.13. The van der Waals surface area contributed by atoms with Gasteiger partial charge in [-0.25, -0.2) is 4.79 Å². The molecule has 4 heterocycles. The second kappa shape index (κ2) is 7.19. The van der Waals surface area contributed by atoms with Crippen LogP contribution in [0.4, 0.5) is 4.79 Å². The first-order valence-electron chi connectivity index (χ1n) is 11.3. The summed E-state index contributed by atoms with van der Waals surface area (Å²) in [7, 11) is -0.528. The summed E-state index contributed by atoms with van der Waals surface area (Å²) in [4.78, 5) is 19.0. The lowest BCUT2D eigenvalue weighted by Gasteiger charge is -2.44. The Morgan fingerprint density at radius 3 is 2.19 bits per heavy atom. The Balaban J connectivity index is 1.54. The van der Waals surface area contributed by atoms with Crippen LogP contribution in [0.15, 0.2) is 18.5 Å². The Labute approximate surface area is 185 Å². The Morgan fingerprint density at radius 1 is 1.13 bits per heavy atom. The molecular formula is C23H35BN2O5. The minimum absolute atomic E-state index is 0.0425. The first-order chi connectivity index (χ1) is 14.2. The van der Waals surface area contributed by atoms with E-state index in [1.54, 1.807) is 12.4 Å². The van der Waals surface area contributed by atoms with E-state index in [9.17, 15) is 9.90 Å². The summed E-state index contributed by atoms with van der Waals surface area (Å²) < 4.78 is 17.9. The molecule has 0 radical (unpaired) electrons. The Kier molecular flexibility index (Phi) is 5.23. The van der Waals surface area contributed by atoms with E-state index in [1.165, 1.54) is 0 Å². The zero-order valence-electron chi connectivity index (χ0n) is 19.8. The molecule has 2 atom stereocenters. The van der Waals surface area contributed by atoms with Crippen LogP contribution in [-0.2, 0) is 19.6 Å². The average molecular weight is 430 g/mol. The lowest BCUT2D eigenvalue weighted by atomic mass is 9.75. The van der Waals surface area contributed by atoms with Crippen LogP contribution in [0.1, 0.15) is 79.7 Å². The zero-order valence-corrected chi connectivity index (χ0v) is 19.8. The molecule has 3 fully saturated rings. The molecule has 3 saturated heterocycles. The van der Waals surface area contributed by atoms with Gasteiger partial charge in [0.05, 0.1) is 16.8 Å². The highest BCUT2D eigenvalue weighted by Gasteiger charge is 2.53. The molecule has 8 heteroatoms. The van der Waals surface area contributed by atoms with Crippen molar-refractivity contribution in [3.63, 3.8) is 0 Å². The number of aromatic nitrogens is 1. The molecule has 1 amide bonds. The monoisotopic (exact) mass is 430 g/mol. The van der Waals surface area contributed by atoms with Gasteiger partial charge in [-0.05, 0) is 61.3 Å². The van der Waals surface area contributed by atoms with Crippen molar-refractivity contribution in [3.05, 3.63) is 24.0 Å². The fourth-order valence-electron chi connectivity index (χ4n) is 4.89. The Hall–Kier alpha value is -1.64. The van der Waals surface area contributed by atoms with Gasteiger partial charge in [-0.3, -0.25) is 4.98 Å². The predicted molar refractivity (Wildman–Crippen MR) is 118 cm³/mol. The van der Waals surface area contributed by atoms with E-state index in [2.05, 4.69) is 4.98 Å². The van der Waals surface area contributed by atoms with E-state index in [4.69, 9.17) is 14.0 Å². The number of fused-ring (bicyclic) bond motifs is 2. The van der Waals surface area contributed by atoms with Crippen LogP contribution in [0.5, 0.6) is 0 Å². The van der Waals surface area contributed by atoms with Crippen LogP contribution < -0.4 is 5.46 Å². The van der Waals surface area contributed by atoms with Crippen molar-refractivity contribution < 1.29 is 23.9 Å². The summed E-state index contributed by atoms with van der Waals surface area (Å²) in [5.41, 5.74) is -0.917. The number of piperidine rings is 1. The van der Waals surface area contributed by atoms with Crippen LogP contribution in [0, 0.1) is 0 Å². The summed E-state index contributed by atoms with van der Waals surface area (Å²) in [6.07, 6.45) is 5.85. The third kappa shape index (κ3) is 4.10. The quantitative estimate of drug-likeness (QED) is 0.727. The van der Waals surface area contributed by atoms with Crippen molar-refractivity contribution in [1.82, 2.24) is 9.88 Å². The van der Waals surface area contributed by atoms with Crippen molar-refractivity contribution in [3.8, 4) is 0 Å². The first-order valence-corrected chi connectivity index (χ1v) is 11.3. The van der Waals surface area contributed by atoms with E-state index in [0.29, 0.717) is 12.8 Å². The number of aliphatic hydroxyl groups is 1. The fraction of sp³-hybridized carbons (Fsp3) is 0.739. The minimum Gasteiger partial charge on any atom is -0.444 e. The number of nitrogens with zero attached hydrogens (tertiary/aromatic N) is 2. The van der Waals surface area contributed by atoms with Crippen molar-refractivity contribution >= 4 is 18.7 Å². The fourth-order valence-corrected chi connectivity index (χ4v) is 4.89. The summed E-state index contributed by atoms with van der Waals surface area (Å²) in [5.74, 6) is 0. The van der Waals surface area contributed by atoms with Gasteiger partial charge < -0.3 is 24.1 Å². The first kappa shape index (κ1) is 22.6. The standard InChI is InChI=1S/C23H35BN2O5/c1-20(2,3)29-19(27)26-17-8-9-18(26)12-23(28,11-17)15-10-16(14-25-13-15)24-30-21(4,5)22(6,7)31-24/h10,13-14,17-18,28H,8-9,11-12H2,1-7H3. The molecule has 3 aliphatic heterocycles. The summed E-state index contributed by atoms with van der Waals surface area (Å²) >= 11 is 0. The highest BCUT2D eigenvalue weighted by Crippen LogP contribution is 2.46. The topological polar surface area (TPSA) is 81.1 Å². The van der Waals surface area contributed by atoms with Gasteiger partial charge in [0.15, 0.2) is 0 Å². The van der Waals surface area contributed by atoms with Gasteiger partial charge in [-0.1, -0.05) is 6.07 Å². The third-order valence-electron chi connectivity index (χ3n) is 7.19. The molecule has 1 aromatic heterocycles. The molecule has 7 nitrogen and oxygen atoms in total. The van der Waals surface area contributed by atoms with Gasteiger partial charge in [0.1, 0.15) is 5.60 Å². The molecule has 1 aromatic rings. The van der Waals surface area contributed by atoms with Crippen molar-refractivity contribution in [2.45, 2.75) is 109 Å². The molecule has 0 aromatic carbocycles. The number of carbonyl (C=O) groups excluding carboxylic acids is 1. The van der Waals surface area contributed by atoms with E-state index in [1.807, 2.05) is 59.4 Å². The molecule has 0 aliphatic carbocycles. The van der Waals surface area contributed by atoms with E-state index in [-0.39, 0.29) is 18.2 Å². The summed E-state index contributed by atoms with van der Waals surface area (Å²) in [6.45, 7) is 13.7. The van der Waals surface area contributed by atoms with Gasteiger partial charge in [-0.15, -0.1) is 0 Å². The molecule has 31 heavy (non-hydrogen) atoms. The molecule has 0 spiro atoms. The third-order valence-corrected chi connectivity index (χ3v) is 7.19. The summed E-state index contributed by atoms with van der Waals surface area (Å²) in [5, 5.41) is 11.6. The average Bonchev–Trinajstić information content (AvgIpc) is 3.03. The van der Waals surface area contributed by atoms with Gasteiger partial charge >= 0.3 is 13.2 Å². The lowest BCUT2D eigenvalue weighted by molar-refractivity contribution is -0.0625. The van der Waals surface area contributed by atoms with Gasteiger partial charge in [0.25, 0.3) is 0 Å². The maximum Gasteiger partial charge on any atom is 0.496 e. The largest absolute Gasteiger partial charge is 0.496 e. The number of rotatable bonds is 2. The summed E-state index contributed by atoms with van der Waals surface area (Å²) in [6, 6.07) is 1.86. The molecular weight excluding hydrogens is 395 g/mol. The number of hydrogen-bond acceptors (Lipinski definition) is 6. The van der Waals surface area contributed by atoms with E-state index < -0.39 is 29.5 Å². The van der Waals surface area contributed by atoms with Crippen LogP contribution in [0.2, 0.25) is 0 Å². The number of ether oxygens (including phenoxy) is 1. The molecule has 4 rings (SSSR count). The second-order valence-electron chi connectivity index (χ2n) is 11.3. The number of carbonyl (C=O) groups is 1. The van der Waals surface area contributed by atoms with Crippen LogP contribution in [0.25, 0.3) is 0 Å². The SMILES string of the molecule is CC(C)(C)OC(=O)N1C2CCC1CC(O)(c1cncc(B3OC(C)(C)C(C)(C)O3)c1)C2. The van der Waals surface area contributed by atoms with Crippen LogP contribution in [0.3, 0.4) is 0 Å². The van der Waals surface area contributed by atoms with Crippen molar-refractivity contribution in [1.29, 1.82) is 0 Å². The highest BCUT2D eigenvalue weighted by molar-refractivity contribution is 6.62. The number of pyridine rings is 1. The Bertz CT molecular complexity index is 836. The highest BCUT2D eigenvalue weighted by atomic mass is 16.7. The van der Waals surface area contributed by atoms with Crippen LogP contribution in [-0.4, -0.2) is 57.1 Å². The normalized spacial score (nSPS) is 31.7. The molecule has 2 unspecified atom stereocenters. The second-order valence-corrected chi connectivity index (χ2v) is 11.3. The zero-order chi connectivity index (χ0) is 22.8. The lowest BCUT2D eigenvalue weighted by Crippen LogP contribution is -2.53. The van der Waals surface area contributed by atoms with Crippen molar-refractivity contribution in [2.75, 3.05) is 0 Å². The molecule has 0 saturated carbocycles. The number of hydrogen-bond donors (Lipinski definition) is 1. The van der Waals surface area contributed by atoms with Gasteiger partial charge in [0.2, 0.25) is 0 Å². The Morgan fingerprint density at radius 2 is 1.68 bits per heavy atom. The molecule has 170 valence electrons. The number of amides is 1. The maximum absolute atomic E-state index is 12.7. The smallest absolute Gasteiger partial charge is 0.444 e.